The van der Waals surface area contributed by atoms with Gasteiger partial charge in [-0.2, -0.15) is 30.2 Å². The summed E-state index contributed by atoms with van der Waals surface area (Å²) in [7, 11) is -3.93. The highest BCUT2D eigenvalue weighted by atomic mass is 32.2. The predicted octanol–water partition coefficient (Wildman–Crippen LogP) is 5.24. The molecule has 0 aliphatic rings. The first-order chi connectivity index (χ1) is 19.4. The highest BCUT2D eigenvalue weighted by molar-refractivity contribution is 7.86. The fraction of sp³-hybridized carbons (Fsp3) is 0.429. The van der Waals surface area contributed by atoms with Crippen LogP contribution in [0.5, 0.6) is 5.75 Å². The molecular formula is C28H34F3N3O6S. The second-order valence-corrected chi connectivity index (χ2v) is 10.9. The van der Waals surface area contributed by atoms with Gasteiger partial charge in [0.2, 0.25) is 5.89 Å². The third-order valence-corrected chi connectivity index (χ3v) is 8.27. The summed E-state index contributed by atoms with van der Waals surface area (Å²) in [4.78, 5) is 16.6. The smallest absolute Gasteiger partial charge is 0.416 e. The van der Waals surface area contributed by atoms with Crippen LogP contribution < -0.4 is 4.74 Å². The summed E-state index contributed by atoms with van der Waals surface area (Å²) in [6, 6.07) is 11.5. The van der Waals surface area contributed by atoms with Crippen molar-refractivity contribution in [3.05, 3.63) is 71.1 Å². The van der Waals surface area contributed by atoms with Crippen LogP contribution in [0.25, 0.3) is 11.5 Å². The summed E-state index contributed by atoms with van der Waals surface area (Å²) >= 11 is 0. The van der Waals surface area contributed by atoms with Crippen molar-refractivity contribution >= 4 is 16.2 Å². The van der Waals surface area contributed by atoms with Crippen LogP contribution in [0.3, 0.4) is 0 Å². The summed E-state index contributed by atoms with van der Waals surface area (Å²) in [6.45, 7) is 7.18. The number of aromatic nitrogens is 1. The van der Waals surface area contributed by atoms with Gasteiger partial charge in [0.15, 0.2) is 0 Å². The van der Waals surface area contributed by atoms with Crippen LogP contribution in [0.15, 0.2) is 52.9 Å². The lowest BCUT2D eigenvalue weighted by Gasteiger charge is -2.28. The number of halogens is 3. The number of benzene rings is 2. The van der Waals surface area contributed by atoms with Crippen molar-refractivity contribution in [2.24, 2.45) is 0 Å². The minimum Gasteiger partial charge on any atom is -0.493 e. The van der Waals surface area contributed by atoms with Gasteiger partial charge in [-0.3, -0.25) is 4.79 Å². The Balaban J connectivity index is 1.68. The van der Waals surface area contributed by atoms with Gasteiger partial charge in [0.1, 0.15) is 18.1 Å². The third kappa shape index (κ3) is 8.54. The first-order valence-electron chi connectivity index (χ1n) is 13.2. The van der Waals surface area contributed by atoms with Crippen LogP contribution in [0, 0.1) is 6.92 Å². The molecule has 0 atom stereocenters. The maximum atomic E-state index is 13.2. The Bertz CT molecular complexity index is 1400. The van der Waals surface area contributed by atoms with Gasteiger partial charge in [-0.05, 0) is 55.8 Å². The number of nitrogens with zero attached hydrogens (tertiary/aromatic N) is 3. The molecule has 9 nitrogen and oxygen atoms in total. The quantitative estimate of drug-likeness (QED) is 0.234. The molecule has 0 N–H and O–H groups in total. The molecule has 0 aliphatic carbocycles. The first kappa shape index (κ1) is 32.1. The van der Waals surface area contributed by atoms with E-state index in [2.05, 4.69) is 4.98 Å². The molecular weight excluding hydrogens is 563 g/mol. The van der Waals surface area contributed by atoms with Crippen LogP contribution in [-0.2, 0) is 38.9 Å². The van der Waals surface area contributed by atoms with Gasteiger partial charge in [0, 0.05) is 31.6 Å². The van der Waals surface area contributed by atoms with E-state index in [0.29, 0.717) is 34.8 Å². The Hall–Kier alpha value is -3.42. The van der Waals surface area contributed by atoms with Crippen molar-refractivity contribution in [2.45, 2.75) is 46.8 Å². The number of aryl methyl sites for hydroxylation is 1. The second kappa shape index (κ2) is 14.0. The van der Waals surface area contributed by atoms with E-state index in [0.717, 1.165) is 16.4 Å². The van der Waals surface area contributed by atoms with Crippen molar-refractivity contribution in [1.82, 2.24) is 13.6 Å². The molecule has 1 aromatic heterocycles. The van der Waals surface area contributed by atoms with Gasteiger partial charge in [-0.1, -0.05) is 26.0 Å². The SMILES string of the molecule is CCOC(=O)CN(Cc1cccc(OCCc2nc(-c3ccc(C(F)(F)F)cc3)oc2C)c1)S(=O)(=O)N(CC)CC. The number of hydrogen-bond acceptors (Lipinski definition) is 7. The maximum absolute atomic E-state index is 13.2. The van der Waals surface area contributed by atoms with Crippen molar-refractivity contribution in [2.75, 3.05) is 32.8 Å². The largest absolute Gasteiger partial charge is 0.493 e. The predicted molar refractivity (Wildman–Crippen MR) is 146 cm³/mol. The van der Waals surface area contributed by atoms with Crippen molar-refractivity contribution in [1.29, 1.82) is 0 Å². The summed E-state index contributed by atoms with van der Waals surface area (Å²) in [5, 5.41) is 0. The van der Waals surface area contributed by atoms with Gasteiger partial charge in [0.25, 0.3) is 10.2 Å². The molecule has 41 heavy (non-hydrogen) atoms. The van der Waals surface area contributed by atoms with Crippen molar-refractivity contribution in [3.8, 4) is 17.2 Å². The van der Waals surface area contributed by atoms with Gasteiger partial charge in [-0.15, -0.1) is 0 Å². The van der Waals surface area contributed by atoms with E-state index in [9.17, 15) is 26.4 Å². The zero-order valence-electron chi connectivity index (χ0n) is 23.4. The lowest BCUT2D eigenvalue weighted by atomic mass is 10.1. The molecule has 0 unspecified atom stereocenters. The zero-order valence-corrected chi connectivity index (χ0v) is 24.2. The van der Waals surface area contributed by atoms with Crippen LogP contribution in [0.4, 0.5) is 13.2 Å². The molecule has 13 heteroatoms. The Kier molecular flexibility index (Phi) is 10.9. The van der Waals surface area contributed by atoms with Crippen LogP contribution in [-0.4, -0.2) is 60.8 Å². The van der Waals surface area contributed by atoms with Crippen molar-refractivity contribution in [3.63, 3.8) is 0 Å². The Morgan fingerprint density at radius 2 is 1.71 bits per heavy atom. The molecule has 2 aromatic carbocycles. The zero-order chi connectivity index (χ0) is 30.2. The summed E-state index contributed by atoms with van der Waals surface area (Å²) < 4.78 is 83.8. The molecule has 0 saturated heterocycles. The average molecular weight is 598 g/mol. The number of alkyl halides is 3. The Labute approximate surface area is 238 Å². The first-order valence-corrected chi connectivity index (χ1v) is 14.5. The summed E-state index contributed by atoms with van der Waals surface area (Å²) in [5.41, 5.74) is 0.884. The van der Waals surface area contributed by atoms with E-state index in [1.54, 1.807) is 52.0 Å². The fourth-order valence-corrected chi connectivity index (χ4v) is 5.63. The molecule has 0 fully saturated rings. The molecule has 0 spiro atoms. The molecule has 0 aliphatic heterocycles. The summed E-state index contributed by atoms with van der Waals surface area (Å²) in [6.07, 6.45) is -4.06. The monoisotopic (exact) mass is 597 g/mol. The molecule has 0 amide bonds. The van der Waals surface area contributed by atoms with E-state index < -0.39 is 34.5 Å². The van der Waals surface area contributed by atoms with E-state index in [4.69, 9.17) is 13.9 Å². The third-order valence-electron chi connectivity index (χ3n) is 6.19. The van der Waals surface area contributed by atoms with E-state index in [-0.39, 0.29) is 38.7 Å². The molecule has 0 saturated carbocycles. The Morgan fingerprint density at radius 3 is 2.32 bits per heavy atom. The second-order valence-electron chi connectivity index (χ2n) is 9.01. The topological polar surface area (TPSA) is 102 Å². The van der Waals surface area contributed by atoms with E-state index in [1.165, 1.54) is 16.4 Å². The minimum absolute atomic E-state index is 0.0618. The molecule has 0 bridgehead atoms. The highest BCUT2D eigenvalue weighted by Crippen LogP contribution is 2.31. The highest BCUT2D eigenvalue weighted by Gasteiger charge is 2.31. The van der Waals surface area contributed by atoms with Gasteiger partial charge in [-0.25, -0.2) is 4.98 Å². The van der Waals surface area contributed by atoms with Crippen molar-refractivity contribution < 1.29 is 40.3 Å². The Morgan fingerprint density at radius 1 is 1.02 bits per heavy atom. The van der Waals surface area contributed by atoms with Gasteiger partial charge < -0.3 is 13.9 Å². The van der Waals surface area contributed by atoms with E-state index in [1.807, 2.05) is 0 Å². The van der Waals surface area contributed by atoms with Crippen LogP contribution in [0.1, 0.15) is 43.4 Å². The lowest BCUT2D eigenvalue weighted by molar-refractivity contribution is -0.143. The van der Waals surface area contributed by atoms with Gasteiger partial charge >= 0.3 is 12.1 Å². The van der Waals surface area contributed by atoms with Gasteiger partial charge in [0.05, 0.1) is 24.5 Å². The summed E-state index contributed by atoms with van der Waals surface area (Å²) in [5.74, 6) is 0.579. The van der Waals surface area contributed by atoms with E-state index >= 15 is 0 Å². The lowest BCUT2D eigenvalue weighted by Crippen LogP contribution is -2.45. The number of carbonyl (C=O) groups is 1. The molecule has 3 rings (SSSR count). The number of hydrogen-bond donors (Lipinski definition) is 0. The standard InChI is InChI=1S/C28H34F3N3O6S/c1-5-33(6-2)41(36,37)34(19-26(35)38-7-3)18-21-9-8-10-24(17-21)39-16-15-25-20(4)40-27(32-25)22-11-13-23(14-12-22)28(29,30)31/h8-14,17H,5-7,15-16,18-19H2,1-4H3. The molecule has 3 aromatic rings. The number of rotatable bonds is 14. The normalized spacial score (nSPS) is 12.2. The minimum atomic E-state index is -4.43. The number of esters is 1. The van der Waals surface area contributed by atoms with Crippen LogP contribution >= 0.6 is 0 Å². The molecule has 1 heterocycles. The van der Waals surface area contributed by atoms with Crippen LogP contribution in [0.2, 0.25) is 0 Å². The fourth-order valence-electron chi connectivity index (χ4n) is 4.07. The number of oxazole rings is 1. The maximum Gasteiger partial charge on any atom is 0.416 e. The molecule has 224 valence electrons. The number of ether oxygens (including phenoxy) is 2. The molecule has 0 radical (unpaired) electrons. The average Bonchev–Trinajstić information content (AvgIpc) is 3.29. The number of carbonyl (C=O) groups excluding carboxylic acids is 1.